The van der Waals surface area contributed by atoms with Crippen LogP contribution in [0.2, 0.25) is 0 Å². The van der Waals surface area contributed by atoms with Crippen LogP contribution in [0, 0.1) is 5.92 Å². The second kappa shape index (κ2) is 8.94. The fourth-order valence-electron chi connectivity index (χ4n) is 2.83. The predicted molar refractivity (Wildman–Crippen MR) is 108 cm³/mol. The van der Waals surface area contributed by atoms with E-state index in [4.69, 9.17) is 9.47 Å². The SMILES string of the molecule is COc1ccc(N[C@H](c2ccccc2Br)[C@@H](C)C(=O)N(C)C)c(OC)c1. The number of methoxy groups -OCH3 is 2. The molecular weight excluding hydrogens is 396 g/mol. The molecule has 26 heavy (non-hydrogen) atoms. The molecule has 6 heteroatoms. The van der Waals surface area contributed by atoms with E-state index in [2.05, 4.69) is 21.2 Å². The number of anilines is 1. The molecule has 0 aliphatic carbocycles. The van der Waals surface area contributed by atoms with Gasteiger partial charge in [-0.1, -0.05) is 41.1 Å². The summed E-state index contributed by atoms with van der Waals surface area (Å²) in [6.07, 6.45) is 0. The highest BCUT2D eigenvalue weighted by Gasteiger charge is 2.28. The molecule has 0 aliphatic rings. The number of halogens is 1. The van der Waals surface area contributed by atoms with Crippen LogP contribution in [0.15, 0.2) is 46.9 Å². The summed E-state index contributed by atoms with van der Waals surface area (Å²) in [5, 5.41) is 3.48. The van der Waals surface area contributed by atoms with Crippen molar-refractivity contribution in [3.05, 3.63) is 52.5 Å². The lowest BCUT2D eigenvalue weighted by Gasteiger charge is -2.29. The fraction of sp³-hybridized carbons (Fsp3) is 0.350. The Bertz CT molecular complexity index is 764. The normalized spacial score (nSPS) is 12.8. The first kappa shape index (κ1) is 20.1. The summed E-state index contributed by atoms with van der Waals surface area (Å²) >= 11 is 3.61. The minimum Gasteiger partial charge on any atom is -0.497 e. The maximum absolute atomic E-state index is 12.6. The van der Waals surface area contributed by atoms with Gasteiger partial charge in [-0.15, -0.1) is 0 Å². The number of nitrogens with one attached hydrogen (secondary N) is 1. The van der Waals surface area contributed by atoms with E-state index >= 15 is 0 Å². The molecule has 0 fully saturated rings. The van der Waals surface area contributed by atoms with Crippen LogP contribution in [-0.4, -0.2) is 39.1 Å². The third-order valence-electron chi connectivity index (χ3n) is 4.29. The number of rotatable bonds is 7. The van der Waals surface area contributed by atoms with E-state index in [9.17, 15) is 4.79 Å². The van der Waals surface area contributed by atoms with E-state index < -0.39 is 0 Å². The van der Waals surface area contributed by atoms with E-state index in [0.717, 1.165) is 15.7 Å². The van der Waals surface area contributed by atoms with Gasteiger partial charge in [0.15, 0.2) is 0 Å². The highest BCUT2D eigenvalue weighted by molar-refractivity contribution is 9.10. The molecule has 140 valence electrons. The second-order valence-electron chi connectivity index (χ2n) is 6.23. The Kier molecular flexibility index (Phi) is 6.91. The van der Waals surface area contributed by atoms with Gasteiger partial charge in [-0.2, -0.15) is 0 Å². The zero-order valence-corrected chi connectivity index (χ0v) is 17.3. The van der Waals surface area contributed by atoms with Crippen LogP contribution < -0.4 is 14.8 Å². The Labute approximate surface area is 163 Å². The summed E-state index contributed by atoms with van der Waals surface area (Å²) in [7, 11) is 6.76. The molecule has 0 aromatic heterocycles. The molecule has 2 atom stereocenters. The van der Waals surface area contributed by atoms with Gasteiger partial charge in [-0.25, -0.2) is 0 Å². The van der Waals surface area contributed by atoms with Crippen molar-refractivity contribution in [1.29, 1.82) is 0 Å². The number of hydrogen-bond donors (Lipinski definition) is 1. The van der Waals surface area contributed by atoms with Crippen molar-refractivity contribution in [2.75, 3.05) is 33.6 Å². The smallest absolute Gasteiger partial charge is 0.227 e. The molecule has 0 unspecified atom stereocenters. The monoisotopic (exact) mass is 420 g/mol. The van der Waals surface area contributed by atoms with E-state index in [1.807, 2.05) is 49.4 Å². The van der Waals surface area contributed by atoms with Crippen LogP contribution in [-0.2, 0) is 4.79 Å². The molecule has 0 aliphatic heterocycles. The predicted octanol–water partition coefficient (Wildman–Crippen LogP) is 4.34. The van der Waals surface area contributed by atoms with Gasteiger partial charge in [0.2, 0.25) is 5.91 Å². The molecule has 0 heterocycles. The molecule has 2 aromatic carbocycles. The van der Waals surface area contributed by atoms with Gasteiger partial charge in [0.1, 0.15) is 11.5 Å². The second-order valence-corrected chi connectivity index (χ2v) is 7.09. The van der Waals surface area contributed by atoms with E-state index in [0.29, 0.717) is 11.5 Å². The Hall–Kier alpha value is -2.21. The lowest BCUT2D eigenvalue weighted by atomic mass is 9.93. The summed E-state index contributed by atoms with van der Waals surface area (Å²) < 4.78 is 11.7. The summed E-state index contributed by atoms with van der Waals surface area (Å²) in [5.41, 5.74) is 1.81. The molecule has 2 aromatic rings. The van der Waals surface area contributed by atoms with Crippen molar-refractivity contribution >= 4 is 27.5 Å². The van der Waals surface area contributed by atoms with Crippen LogP contribution in [0.25, 0.3) is 0 Å². The van der Waals surface area contributed by atoms with Crippen molar-refractivity contribution in [2.24, 2.45) is 5.92 Å². The van der Waals surface area contributed by atoms with Gasteiger partial charge in [-0.3, -0.25) is 4.79 Å². The number of carbonyl (C=O) groups is 1. The first-order chi connectivity index (χ1) is 12.4. The topological polar surface area (TPSA) is 50.8 Å². The average molecular weight is 421 g/mol. The van der Waals surface area contributed by atoms with E-state index in [1.165, 1.54) is 0 Å². The lowest BCUT2D eigenvalue weighted by molar-refractivity contribution is -0.132. The Morgan fingerprint density at radius 3 is 2.38 bits per heavy atom. The minimum atomic E-state index is -0.282. The summed E-state index contributed by atoms with van der Waals surface area (Å²) in [5.74, 6) is 1.13. The van der Waals surface area contributed by atoms with Crippen molar-refractivity contribution in [3.8, 4) is 11.5 Å². The van der Waals surface area contributed by atoms with Crippen LogP contribution in [0.3, 0.4) is 0 Å². The van der Waals surface area contributed by atoms with Gasteiger partial charge in [0.05, 0.1) is 31.9 Å². The number of hydrogen-bond acceptors (Lipinski definition) is 4. The Morgan fingerprint density at radius 2 is 1.81 bits per heavy atom. The van der Waals surface area contributed by atoms with Gasteiger partial charge in [0, 0.05) is 24.6 Å². The van der Waals surface area contributed by atoms with Crippen LogP contribution >= 0.6 is 15.9 Å². The molecular formula is C20H25BrN2O3. The van der Waals surface area contributed by atoms with E-state index in [1.54, 1.807) is 33.2 Å². The van der Waals surface area contributed by atoms with Gasteiger partial charge >= 0.3 is 0 Å². The zero-order chi connectivity index (χ0) is 19.3. The lowest BCUT2D eigenvalue weighted by Crippen LogP contribution is -2.34. The largest absolute Gasteiger partial charge is 0.497 e. The molecule has 2 rings (SSSR count). The van der Waals surface area contributed by atoms with Crippen molar-refractivity contribution < 1.29 is 14.3 Å². The average Bonchev–Trinajstić information content (AvgIpc) is 2.65. The summed E-state index contributed by atoms with van der Waals surface area (Å²) in [6.45, 7) is 1.93. The molecule has 0 spiro atoms. The third kappa shape index (κ3) is 4.49. The first-order valence-corrected chi connectivity index (χ1v) is 9.12. The van der Waals surface area contributed by atoms with Crippen molar-refractivity contribution in [3.63, 3.8) is 0 Å². The number of ether oxygens (including phenoxy) is 2. The van der Waals surface area contributed by atoms with Gasteiger partial charge < -0.3 is 19.7 Å². The standard InChI is InChI=1S/C20H25BrN2O3/c1-13(20(24)23(2)3)19(15-8-6-7-9-16(15)21)22-17-11-10-14(25-4)12-18(17)26-5/h6-13,19,22H,1-5H3/t13-,19+/m1/s1. The molecule has 0 saturated carbocycles. The minimum absolute atomic E-state index is 0.0470. The van der Waals surface area contributed by atoms with Gasteiger partial charge in [-0.05, 0) is 23.8 Å². The highest BCUT2D eigenvalue weighted by atomic mass is 79.9. The van der Waals surface area contributed by atoms with Crippen LogP contribution in [0.1, 0.15) is 18.5 Å². The Balaban J connectivity index is 2.45. The molecule has 5 nitrogen and oxygen atoms in total. The van der Waals surface area contributed by atoms with E-state index in [-0.39, 0.29) is 17.9 Å². The fourth-order valence-corrected chi connectivity index (χ4v) is 3.37. The number of amides is 1. The van der Waals surface area contributed by atoms with Crippen LogP contribution in [0.5, 0.6) is 11.5 Å². The van der Waals surface area contributed by atoms with Gasteiger partial charge in [0.25, 0.3) is 0 Å². The maximum Gasteiger partial charge on any atom is 0.227 e. The zero-order valence-electron chi connectivity index (χ0n) is 15.7. The van der Waals surface area contributed by atoms with Crippen molar-refractivity contribution in [1.82, 2.24) is 4.90 Å². The number of benzene rings is 2. The number of nitrogens with zero attached hydrogens (tertiary/aromatic N) is 1. The Morgan fingerprint density at radius 1 is 1.12 bits per heavy atom. The molecule has 0 bridgehead atoms. The van der Waals surface area contributed by atoms with Crippen molar-refractivity contribution in [2.45, 2.75) is 13.0 Å². The summed E-state index contributed by atoms with van der Waals surface area (Å²) in [6, 6.07) is 13.2. The molecule has 1 amide bonds. The molecule has 0 radical (unpaired) electrons. The maximum atomic E-state index is 12.6. The summed E-state index contributed by atoms with van der Waals surface area (Å²) in [4.78, 5) is 14.2. The number of carbonyl (C=O) groups excluding carboxylic acids is 1. The quantitative estimate of drug-likeness (QED) is 0.723. The molecule has 0 saturated heterocycles. The van der Waals surface area contributed by atoms with Crippen LogP contribution in [0.4, 0.5) is 5.69 Å². The third-order valence-corrected chi connectivity index (χ3v) is 5.01. The molecule has 1 N–H and O–H groups in total. The first-order valence-electron chi connectivity index (χ1n) is 8.33. The highest BCUT2D eigenvalue weighted by Crippen LogP contribution is 2.37.